The van der Waals surface area contributed by atoms with Gasteiger partial charge in [0.05, 0.1) is 6.61 Å². The Kier molecular flexibility index (Phi) is 3.43. The van der Waals surface area contributed by atoms with E-state index in [-0.39, 0.29) is 0 Å². The lowest BCUT2D eigenvalue weighted by Crippen LogP contribution is -2.42. The number of nitrogens with zero attached hydrogens (tertiary/aromatic N) is 1. The van der Waals surface area contributed by atoms with E-state index in [0.29, 0.717) is 0 Å². The van der Waals surface area contributed by atoms with Gasteiger partial charge in [0.25, 0.3) is 5.91 Å². The van der Waals surface area contributed by atoms with Gasteiger partial charge in [-0.15, -0.1) is 0 Å². The molecule has 4 atom stereocenters. The zero-order chi connectivity index (χ0) is 10.9. The first kappa shape index (κ1) is 11.4. The van der Waals surface area contributed by atoms with Gasteiger partial charge < -0.3 is 25.0 Å². The molecule has 82 valence electrons. The molecule has 0 aromatic rings. The van der Waals surface area contributed by atoms with Crippen LogP contribution in [-0.2, 0) is 9.53 Å². The van der Waals surface area contributed by atoms with Crippen LogP contribution in [0.15, 0.2) is 0 Å². The number of likely N-dealkylation sites (N-methyl/N-ethyl adjacent to an activating group) is 1. The first-order valence-electron chi connectivity index (χ1n) is 4.32. The van der Waals surface area contributed by atoms with E-state index in [4.69, 9.17) is 9.84 Å². The number of amides is 1. The summed E-state index contributed by atoms with van der Waals surface area (Å²) >= 11 is 0. The van der Waals surface area contributed by atoms with Crippen molar-refractivity contribution in [2.75, 3.05) is 20.7 Å². The number of aliphatic hydroxyl groups excluding tert-OH is 3. The topological polar surface area (TPSA) is 90.2 Å². The second kappa shape index (κ2) is 4.22. The fraction of sp³-hybridized carbons (Fsp3) is 0.875. The van der Waals surface area contributed by atoms with Gasteiger partial charge in [0, 0.05) is 14.1 Å². The lowest BCUT2D eigenvalue weighted by Gasteiger charge is -2.18. The van der Waals surface area contributed by atoms with E-state index in [1.165, 1.54) is 19.0 Å². The highest BCUT2D eigenvalue weighted by atomic mass is 16.6. The third-order valence-electron chi connectivity index (χ3n) is 2.23. The molecule has 1 fully saturated rings. The van der Waals surface area contributed by atoms with Gasteiger partial charge in [-0.25, -0.2) is 0 Å². The van der Waals surface area contributed by atoms with Crippen LogP contribution in [0.3, 0.4) is 0 Å². The normalized spacial score (nSPS) is 37.2. The highest BCUT2D eigenvalue weighted by Crippen LogP contribution is 2.21. The van der Waals surface area contributed by atoms with E-state index in [1.54, 1.807) is 0 Å². The van der Waals surface area contributed by atoms with Gasteiger partial charge in [0.1, 0.15) is 18.3 Å². The van der Waals surface area contributed by atoms with Crippen molar-refractivity contribution < 1.29 is 24.9 Å². The predicted molar refractivity (Wildman–Crippen MR) is 46.5 cm³/mol. The summed E-state index contributed by atoms with van der Waals surface area (Å²) in [5, 5.41) is 27.6. The Labute approximate surface area is 81.7 Å². The number of rotatable bonds is 2. The number of ether oxygens (including phenoxy) is 1. The molecule has 0 unspecified atom stereocenters. The molecule has 1 heterocycles. The minimum Gasteiger partial charge on any atom is -0.394 e. The quantitative estimate of drug-likeness (QED) is 0.466. The minimum atomic E-state index is -1.28. The van der Waals surface area contributed by atoms with Crippen molar-refractivity contribution in [1.82, 2.24) is 4.90 Å². The summed E-state index contributed by atoms with van der Waals surface area (Å²) < 4.78 is 5.02. The summed E-state index contributed by atoms with van der Waals surface area (Å²) in [6, 6.07) is 0. The van der Waals surface area contributed by atoms with E-state index in [1.807, 2.05) is 0 Å². The molecule has 6 heteroatoms. The van der Waals surface area contributed by atoms with E-state index >= 15 is 0 Å². The van der Waals surface area contributed by atoms with Crippen LogP contribution >= 0.6 is 0 Å². The zero-order valence-corrected chi connectivity index (χ0v) is 8.12. The third kappa shape index (κ3) is 1.88. The molecule has 0 saturated carbocycles. The van der Waals surface area contributed by atoms with Crippen molar-refractivity contribution in [1.29, 1.82) is 0 Å². The van der Waals surface area contributed by atoms with Crippen LogP contribution < -0.4 is 0 Å². The summed E-state index contributed by atoms with van der Waals surface area (Å²) in [6.45, 7) is -0.421. The Hall–Kier alpha value is -0.690. The second-order valence-corrected chi connectivity index (χ2v) is 3.49. The molecule has 0 bridgehead atoms. The maximum atomic E-state index is 11.4. The molecule has 1 saturated heterocycles. The Balaban J connectivity index is 2.69. The molecular weight excluding hydrogens is 190 g/mol. The molecule has 0 aliphatic carbocycles. The lowest BCUT2D eigenvalue weighted by molar-refractivity contribution is -0.144. The minimum absolute atomic E-state index is 0.421. The van der Waals surface area contributed by atoms with Gasteiger partial charge in [-0.05, 0) is 0 Å². The lowest BCUT2D eigenvalue weighted by atomic mass is 10.1. The Bertz CT molecular complexity index is 220. The van der Waals surface area contributed by atoms with Gasteiger partial charge in [-0.2, -0.15) is 0 Å². The van der Waals surface area contributed by atoms with Crippen LogP contribution in [0.2, 0.25) is 0 Å². The van der Waals surface area contributed by atoms with Crippen LogP contribution in [0.4, 0.5) is 0 Å². The van der Waals surface area contributed by atoms with Gasteiger partial charge in [-0.3, -0.25) is 4.79 Å². The molecule has 1 aliphatic heterocycles. The summed E-state index contributed by atoms with van der Waals surface area (Å²) in [7, 11) is 3.05. The Morgan fingerprint density at radius 1 is 1.36 bits per heavy atom. The first-order valence-corrected chi connectivity index (χ1v) is 4.32. The van der Waals surface area contributed by atoms with Gasteiger partial charge >= 0.3 is 0 Å². The predicted octanol–water partition coefficient (Wildman–Crippen LogP) is -2.44. The van der Waals surface area contributed by atoms with Gasteiger partial charge in [0.2, 0.25) is 0 Å². The molecule has 1 aliphatic rings. The molecule has 0 spiro atoms. The van der Waals surface area contributed by atoms with Crippen LogP contribution in [-0.4, -0.2) is 71.2 Å². The summed E-state index contributed by atoms with van der Waals surface area (Å²) in [4.78, 5) is 12.7. The molecular formula is C8H15NO5. The standard InChI is InChI=1S/C8H15NO5/c1-9(2)8(13)7-6(12)5(11)4(3-10)14-7/h4-7,10-12H,3H2,1-2H3/t4-,5-,6+,7+/m1/s1. The van der Waals surface area contributed by atoms with Crippen LogP contribution in [0.5, 0.6) is 0 Å². The molecule has 0 aromatic carbocycles. The summed E-state index contributed by atoms with van der Waals surface area (Å²) in [6.07, 6.45) is -4.47. The largest absolute Gasteiger partial charge is 0.394 e. The van der Waals surface area contributed by atoms with E-state index < -0.39 is 36.9 Å². The molecule has 1 rings (SSSR count). The van der Waals surface area contributed by atoms with Gasteiger partial charge in [-0.1, -0.05) is 0 Å². The first-order chi connectivity index (χ1) is 6.49. The molecule has 3 N–H and O–H groups in total. The summed E-state index contributed by atoms with van der Waals surface area (Å²) in [5.74, 6) is -0.424. The number of aliphatic hydroxyl groups is 3. The van der Waals surface area contributed by atoms with Crippen molar-refractivity contribution in [3.05, 3.63) is 0 Å². The maximum absolute atomic E-state index is 11.4. The molecule has 1 amide bonds. The third-order valence-corrected chi connectivity index (χ3v) is 2.23. The monoisotopic (exact) mass is 205 g/mol. The average Bonchev–Trinajstić information content (AvgIpc) is 2.43. The van der Waals surface area contributed by atoms with Crippen molar-refractivity contribution in [3.63, 3.8) is 0 Å². The van der Waals surface area contributed by atoms with E-state index in [2.05, 4.69) is 0 Å². The highest BCUT2D eigenvalue weighted by molar-refractivity contribution is 5.81. The summed E-state index contributed by atoms with van der Waals surface area (Å²) in [5.41, 5.74) is 0. The van der Waals surface area contributed by atoms with Crippen LogP contribution in [0.1, 0.15) is 0 Å². The number of hydrogen-bond donors (Lipinski definition) is 3. The maximum Gasteiger partial charge on any atom is 0.254 e. The number of hydrogen-bond acceptors (Lipinski definition) is 5. The number of carbonyl (C=O) groups excluding carboxylic acids is 1. The van der Waals surface area contributed by atoms with Crippen molar-refractivity contribution in [3.8, 4) is 0 Å². The molecule has 0 aromatic heterocycles. The van der Waals surface area contributed by atoms with Crippen LogP contribution in [0.25, 0.3) is 0 Å². The Morgan fingerprint density at radius 2 is 1.93 bits per heavy atom. The smallest absolute Gasteiger partial charge is 0.254 e. The second-order valence-electron chi connectivity index (χ2n) is 3.49. The zero-order valence-electron chi connectivity index (χ0n) is 8.12. The van der Waals surface area contributed by atoms with E-state index in [0.717, 1.165) is 0 Å². The van der Waals surface area contributed by atoms with Crippen LogP contribution in [0, 0.1) is 0 Å². The molecule has 6 nitrogen and oxygen atoms in total. The average molecular weight is 205 g/mol. The fourth-order valence-electron chi connectivity index (χ4n) is 1.36. The SMILES string of the molecule is CN(C)C(=O)[C@H]1O[C@H](CO)[C@@H](O)[C@@H]1O. The molecule has 14 heavy (non-hydrogen) atoms. The van der Waals surface area contributed by atoms with E-state index in [9.17, 15) is 15.0 Å². The van der Waals surface area contributed by atoms with Crippen molar-refractivity contribution in [2.45, 2.75) is 24.4 Å². The molecule has 0 radical (unpaired) electrons. The Morgan fingerprint density at radius 3 is 2.29 bits per heavy atom. The number of carbonyl (C=O) groups is 1. The van der Waals surface area contributed by atoms with Crippen molar-refractivity contribution >= 4 is 5.91 Å². The van der Waals surface area contributed by atoms with Gasteiger partial charge in [0.15, 0.2) is 6.10 Å². The highest BCUT2D eigenvalue weighted by Gasteiger charge is 2.46. The fourth-order valence-corrected chi connectivity index (χ4v) is 1.36. The van der Waals surface area contributed by atoms with Crippen molar-refractivity contribution in [2.24, 2.45) is 0 Å².